The summed E-state index contributed by atoms with van der Waals surface area (Å²) in [5.41, 5.74) is 0.831. The van der Waals surface area contributed by atoms with Crippen molar-refractivity contribution < 1.29 is 9.63 Å². The predicted octanol–water partition coefficient (Wildman–Crippen LogP) is 1.76. The molecule has 20 heavy (non-hydrogen) atoms. The molecule has 2 rings (SSSR count). The highest BCUT2D eigenvalue weighted by atomic mass is 16.7. The number of hydrazine groups is 1. The smallest absolute Gasteiger partial charge is 0.274 e. The summed E-state index contributed by atoms with van der Waals surface area (Å²) in [4.78, 5) is 18.3. The van der Waals surface area contributed by atoms with E-state index in [4.69, 9.17) is 4.84 Å². The molecule has 0 aromatic carbocycles. The van der Waals surface area contributed by atoms with Crippen molar-refractivity contribution in [3.63, 3.8) is 0 Å². The summed E-state index contributed by atoms with van der Waals surface area (Å²) in [5.74, 6) is 0.0168. The molecule has 0 saturated carbocycles. The summed E-state index contributed by atoms with van der Waals surface area (Å²) in [7, 11) is 1.82. The lowest BCUT2D eigenvalue weighted by atomic mass is 10.1. The van der Waals surface area contributed by atoms with Gasteiger partial charge in [-0.2, -0.15) is 0 Å². The van der Waals surface area contributed by atoms with E-state index in [-0.39, 0.29) is 11.9 Å². The van der Waals surface area contributed by atoms with E-state index < -0.39 is 6.10 Å². The minimum absolute atomic E-state index is 0.0168. The van der Waals surface area contributed by atoms with Gasteiger partial charge < -0.3 is 5.32 Å². The number of hydrogen-bond donors (Lipinski definition) is 1. The third kappa shape index (κ3) is 2.94. The maximum Gasteiger partial charge on any atom is 0.274 e. The van der Waals surface area contributed by atoms with Crippen LogP contribution in [0.2, 0.25) is 0 Å². The van der Waals surface area contributed by atoms with Crippen LogP contribution in [-0.4, -0.2) is 41.8 Å². The zero-order valence-electron chi connectivity index (χ0n) is 12.4. The number of fused-ring (bicyclic) bond motifs is 1. The summed E-state index contributed by atoms with van der Waals surface area (Å²) in [6.07, 6.45) is 11.0. The zero-order chi connectivity index (χ0) is 14.5. The van der Waals surface area contributed by atoms with Crippen molar-refractivity contribution in [2.45, 2.75) is 38.8 Å². The SMILES string of the molecule is C/C=C/C=C\C(=C/NC)C1ON2C(C)CCCN2C1=O. The van der Waals surface area contributed by atoms with Crippen LogP contribution < -0.4 is 5.32 Å². The quantitative estimate of drug-likeness (QED) is 0.795. The van der Waals surface area contributed by atoms with E-state index in [2.05, 4.69) is 12.2 Å². The van der Waals surface area contributed by atoms with Gasteiger partial charge in [-0.25, -0.2) is 5.01 Å². The molecule has 110 valence electrons. The molecule has 0 bridgehead atoms. The molecule has 5 nitrogen and oxygen atoms in total. The van der Waals surface area contributed by atoms with Crippen molar-refractivity contribution >= 4 is 5.91 Å². The predicted molar refractivity (Wildman–Crippen MR) is 78.2 cm³/mol. The summed E-state index contributed by atoms with van der Waals surface area (Å²) in [5, 5.41) is 6.45. The summed E-state index contributed by atoms with van der Waals surface area (Å²) in [6, 6.07) is 0.244. The third-order valence-electron chi connectivity index (χ3n) is 3.50. The number of carbonyl (C=O) groups is 1. The highest BCUT2D eigenvalue weighted by Crippen LogP contribution is 2.29. The van der Waals surface area contributed by atoms with Gasteiger partial charge in [-0.1, -0.05) is 29.5 Å². The van der Waals surface area contributed by atoms with Crippen molar-refractivity contribution in [2.24, 2.45) is 0 Å². The van der Waals surface area contributed by atoms with Gasteiger partial charge in [0.2, 0.25) is 0 Å². The van der Waals surface area contributed by atoms with Gasteiger partial charge in [0.25, 0.3) is 5.91 Å². The molecule has 0 spiro atoms. The molecule has 2 atom stereocenters. The average Bonchev–Trinajstić information content (AvgIpc) is 2.77. The van der Waals surface area contributed by atoms with Gasteiger partial charge in [0.15, 0.2) is 6.10 Å². The van der Waals surface area contributed by atoms with Crippen molar-refractivity contribution in [2.75, 3.05) is 13.6 Å². The first kappa shape index (κ1) is 14.8. The largest absolute Gasteiger partial charge is 0.394 e. The molecule has 2 aliphatic heterocycles. The van der Waals surface area contributed by atoms with Crippen LogP contribution in [0.15, 0.2) is 36.1 Å². The molecule has 1 N–H and O–H groups in total. The number of allylic oxidation sites excluding steroid dienone is 3. The van der Waals surface area contributed by atoms with Crippen molar-refractivity contribution in [3.05, 3.63) is 36.1 Å². The fourth-order valence-corrected chi connectivity index (χ4v) is 2.50. The first-order chi connectivity index (χ1) is 9.69. The average molecular weight is 277 g/mol. The molecule has 0 aromatic rings. The van der Waals surface area contributed by atoms with Gasteiger partial charge in [0.05, 0.1) is 6.04 Å². The molecule has 0 aromatic heterocycles. The Balaban J connectivity index is 2.18. The summed E-state index contributed by atoms with van der Waals surface area (Å²) >= 11 is 0. The first-order valence-electron chi connectivity index (χ1n) is 7.13. The second-order valence-electron chi connectivity index (χ2n) is 5.06. The molecule has 2 unspecified atom stereocenters. The van der Waals surface area contributed by atoms with Gasteiger partial charge >= 0.3 is 0 Å². The van der Waals surface area contributed by atoms with Crippen LogP contribution in [0.5, 0.6) is 0 Å². The van der Waals surface area contributed by atoms with Gasteiger partial charge in [-0.3, -0.25) is 9.63 Å². The second kappa shape index (κ2) is 6.72. The molecule has 2 aliphatic rings. The Morgan fingerprint density at radius 1 is 1.45 bits per heavy atom. The normalized spacial score (nSPS) is 28.6. The highest BCUT2D eigenvalue weighted by molar-refractivity contribution is 5.85. The number of nitrogens with zero attached hydrogens (tertiary/aromatic N) is 2. The number of hydrogen-bond acceptors (Lipinski definition) is 4. The van der Waals surface area contributed by atoms with Crippen LogP contribution in [0.3, 0.4) is 0 Å². The number of carbonyl (C=O) groups excluding carboxylic acids is 1. The van der Waals surface area contributed by atoms with Crippen LogP contribution >= 0.6 is 0 Å². The minimum Gasteiger partial charge on any atom is -0.394 e. The fourth-order valence-electron chi connectivity index (χ4n) is 2.50. The fraction of sp³-hybridized carbons (Fsp3) is 0.533. The van der Waals surface area contributed by atoms with E-state index in [1.54, 1.807) is 10.2 Å². The van der Waals surface area contributed by atoms with E-state index in [1.807, 2.05) is 44.5 Å². The second-order valence-corrected chi connectivity index (χ2v) is 5.06. The Morgan fingerprint density at radius 2 is 2.25 bits per heavy atom. The van der Waals surface area contributed by atoms with E-state index >= 15 is 0 Å². The number of amides is 1. The van der Waals surface area contributed by atoms with Gasteiger partial charge in [0.1, 0.15) is 0 Å². The molecule has 0 aliphatic carbocycles. The highest BCUT2D eigenvalue weighted by Gasteiger charge is 2.44. The molecule has 1 amide bonds. The van der Waals surface area contributed by atoms with E-state index in [9.17, 15) is 4.79 Å². The lowest BCUT2D eigenvalue weighted by Crippen LogP contribution is -2.47. The van der Waals surface area contributed by atoms with Crippen LogP contribution in [0.4, 0.5) is 0 Å². The van der Waals surface area contributed by atoms with Crippen molar-refractivity contribution in [3.8, 4) is 0 Å². The molecule has 2 saturated heterocycles. The number of hydroxylamine groups is 1. The Bertz CT molecular complexity index is 442. The van der Waals surface area contributed by atoms with Gasteiger partial charge in [-0.05, 0) is 26.7 Å². The van der Waals surface area contributed by atoms with Crippen LogP contribution in [0.1, 0.15) is 26.7 Å². The minimum atomic E-state index is -0.551. The first-order valence-corrected chi connectivity index (χ1v) is 7.13. The molecular formula is C15H23N3O2. The van der Waals surface area contributed by atoms with Gasteiger partial charge in [-0.15, -0.1) is 0 Å². The molecule has 2 fully saturated rings. The Morgan fingerprint density at radius 3 is 2.90 bits per heavy atom. The molecule has 0 radical (unpaired) electrons. The lowest BCUT2D eigenvalue weighted by Gasteiger charge is -2.34. The van der Waals surface area contributed by atoms with E-state index in [0.717, 1.165) is 25.0 Å². The Hall–Kier alpha value is -1.59. The number of nitrogens with one attached hydrogen (secondary N) is 1. The Kier molecular flexibility index (Phi) is 4.98. The topological polar surface area (TPSA) is 44.8 Å². The molecular weight excluding hydrogens is 254 g/mol. The zero-order valence-corrected chi connectivity index (χ0v) is 12.4. The number of rotatable bonds is 4. The standard InChI is InChI=1S/C15H23N3O2/c1-4-5-6-9-13(11-16-3)14-15(19)17-10-7-8-12(2)18(17)20-14/h4-6,9,11-12,14,16H,7-8,10H2,1-3H3/b5-4+,9-6-,13-11+. The molecule has 5 heteroatoms. The Labute approximate surface area is 120 Å². The van der Waals surface area contributed by atoms with Crippen LogP contribution in [0.25, 0.3) is 0 Å². The van der Waals surface area contributed by atoms with E-state index in [1.165, 1.54) is 0 Å². The summed E-state index contributed by atoms with van der Waals surface area (Å²) in [6.45, 7) is 4.78. The van der Waals surface area contributed by atoms with Gasteiger partial charge in [0, 0.05) is 25.4 Å². The third-order valence-corrected chi connectivity index (χ3v) is 3.50. The van der Waals surface area contributed by atoms with Crippen LogP contribution in [-0.2, 0) is 9.63 Å². The maximum atomic E-state index is 12.5. The van der Waals surface area contributed by atoms with E-state index in [0.29, 0.717) is 0 Å². The summed E-state index contributed by atoms with van der Waals surface area (Å²) < 4.78 is 0. The van der Waals surface area contributed by atoms with Crippen molar-refractivity contribution in [1.82, 2.24) is 15.5 Å². The lowest BCUT2D eigenvalue weighted by molar-refractivity contribution is -0.265. The maximum absolute atomic E-state index is 12.5. The van der Waals surface area contributed by atoms with Crippen LogP contribution in [0, 0.1) is 0 Å². The monoisotopic (exact) mass is 277 g/mol. The van der Waals surface area contributed by atoms with Crippen molar-refractivity contribution in [1.29, 1.82) is 0 Å². The molecule has 2 heterocycles.